The van der Waals surface area contributed by atoms with E-state index < -0.39 is 0 Å². The van der Waals surface area contributed by atoms with Crippen LogP contribution < -0.4 is 0 Å². The van der Waals surface area contributed by atoms with Crippen molar-refractivity contribution in [3.63, 3.8) is 0 Å². The highest BCUT2D eigenvalue weighted by Crippen LogP contribution is 2.19. The molecular weight excluding hydrogens is 266 g/mol. The predicted molar refractivity (Wildman–Crippen MR) is 80.7 cm³/mol. The molecule has 0 aliphatic carbocycles. The van der Waals surface area contributed by atoms with E-state index in [0.29, 0.717) is 31.6 Å². The molecule has 0 aromatic carbocycles. The number of piperidine rings is 1. The molecule has 0 aromatic heterocycles. The van der Waals surface area contributed by atoms with Gasteiger partial charge < -0.3 is 9.64 Å². The third kappa shape index (κ3) is 4.69. The number of hydrogen-bond acceptors (Lipinski definition) is 4. The topological polar surface area (TPSA) is 56.6 Å². The number of amides is 1. The minimum absolute atomic E-state index is 0.228. The van der Waals surface area contributed by atoms with E-state index >= 15 is 0 Å². The molecule has 2 aliphatic heterocycles. The second kappa shape index (κ2) is 8.35. The van der Waals surface area contributed by atoms with E-state index in [0.717, 1.165) is 45.4 Å². The Balaban J connectivity index is 1.93. The second-order valence-corrected chi connectivity index (χ2v) is 6.15. The molecule has 0 spiro atoms. The number of hydrogen-bond donors (Lipinski definition) is 0. The van der Waals surface area contributed by atoms with Crippen LogP contribution in [0.3, 0.4) is 0 Å². The molecule has 21 heavy (non-hydrogen) atoms. The van der Waals surface area contributed by atoms with Crippen LogP contribution in [0.1, 0.15) is 45.4 Å². The van der Waals surface area contributed by atoms with Crippen molar-refractivity contribution in [3.8, 4) is 6.07 Å². The summed E-state index contributed by atoms with van der Waals surface area (Å²) < 4.78 is 5.41. The average molecular weight is 293 g/mol. The van der Waals surface area contributed by atoms with Crippen molar-refractivity contribution >= 4 is 5.91 Å². The minimum Gasteiger partial charge on any atom is -0.381 e. The van der Waals surface area contributed by atoms with Crippen molar-refractivity contribution in [1.29, 1.82) is 5.26 Å². The van der Waals surface area contributed by atoms with E-state index in [4.69, 9.17) is 10.00 Å². The predicted octanol–water partition coefficient (Wildman–Crippen LogP) is 1.78. The van der Waals surface area contributed by atoms with Gasteiger partial charge in [-0.2, -0.15) is 5.26 Å². The summed E-state index contributed by atoms with van der Waals surface area (Å²) in [4.78, 5) is 16.8. The van der Waals surface area contributed by atoms with Gasteiger partial charge in [0.25, 0.3) is 0 Å². The maximum absolute atomic E-state index is 12.6. The first-order valence-electron chi connectivity index (χ1n) is 8.20. The summed E-state index contributed by atoms with van der Waals surface area (Å²) in [6.45, 7) is 5.71. The normalized spacial score (nSPS) is 24.0. The van der Waals surface area contributed by atoms with Gasteiger partial charge in [-0.3, -0.25) is 9.69 Å². The van der Waals surface area contributed by atoms with Crippen LogP contribution in [-0.4, -0.2) is 60.6 Å². The molecule has 5 nitrogen and oxygen atoms in total. The largest absolute Gasteiger partial charge is 0.381 e. The minimum atomic E-state index is 0.228. The van der Waals surface area contributed by atoms with Gasteiger partial charge in [-0.25, -0.2) is 0 Å². The summed E-state index contributed by atoms with van der Waals surface area (Å²) in [6.07, 6.45) is 5.87. The number of likely N-dealkylation sites (tertiary alicyclic amines) is 1. The molecule has 118 valence electrons. The quantitative estimate of drug-likeness (QED) is 0.775. The summed E-state index contributed by atoms with van der Waals surface area (Å²) in [5.74, 6) is 0.228. The highest BCUT2D eigenvalue weighted by Gasteiger charge is 2.28. The Bertz CT molecular complexity index is 374. The van der Waals surface area contributed by atoms with Crippen molar-refractivity contribution in [3.05, 3.63) is 0 Å². The maximum atomic E-state index is 12.6. The molecule has 0 saturated carbocycles. The third-order valence-corrected chi connectivity index (χ3v) is 4.68. The highest BCUT2D eigenvalue weighted by atomic mass is 16.5. The lowest BCUT2D eigenvalue weighted by Gasteiger charge is -2.38. The molecule has 2 saturated heterocycles. The van der Waals surface area contributed by atoms with E-state index in [1.54, 1.807) is 0 Å². The van der Waals surface area contributed by atoms with Gasteiger partial charge in [-0.05, 0) is 39.0 Å². The molecular formula is C16H27N3O2. The van der Waals surface area contributed by atoms with Crippen LogP contribution in [-0.2, 0) is 9.53 Å². The van der Waals surface area contributed by atoms with Gasteiger partial charge in [0, 0.05) is 44.8 Å². The smallest absolute Gasteiger partial charge is 0.236 e. The standard InChI is InChI=1S/C16H27N3O2/c1-14-5-2-3-10-19(14)16(20)13-18(9-4-8-17)15-6-11-21-12-7-15/h14-15H,2-7,9-13H2,1H3/t14-/m1/s1. The Morgan fingerprint density at radius 3 is 2.76 bits per heavy atom. The fraction of sp³-hybridized carbons (Fsp3) is 0.875. The molecule has 0 N–H and O–H groups in total. The third-order valence-electron chi connectivity index (χ3n) is 4.68. The Morgan fingerprint density at radius 1 is 1.33 bits per heavy atom. The van der Waals surface area contributed by atoms with Crippen molar-refractivity contribution in [2.75, 3.05) is 32.8 Å². The van der Waals surface area contributed by atoms with E-state index in [-0.39, 0.29) is 5.91 Å². The maximum Gasteiger partial charge on any atom is 0.236 e. The van der Waals surface area contributed by atoms with Gasteiger partial charge in [-0.1, -0.05) is 0 Å². The van der Waals surface area contributed by atoms with Gasteiger partial charge in [0.1, 0.15) is 0 Å². The molecule has 2 aliphatic rings. The SMILES string of the molecule is C[C@@H]1CCCCN1C(=O)CN(CCC#N)C1CCOCC1. The summed E-state index contributed by atoms with van der Waals surface area (Å²) in [5, 5.41) is 8.84. The molecule has 5 heteroatoms. The van der Waals surface area contributed by atoms with Crippen molar-refractivity contribution in [2.45, 2.75) is 57.5 Å². The van der Waals surface area contributed by atoms with E-state index in [1.807, 2.05) is 4.90 Å². The zero-order valence-electron chi connectivity index (χ0n) is 13.1. The lowest BCUT2D eigenvalue weighted by molar-refractivity contribution is -0.136. The van der Waals surface area contributed by atoms with E-state index in [1.165, 1.54) is 6.42 Å². The number of nitrogens with zero attached hydrogens (tertiary/aromatic N) is 3. The van der Waals surface area contributed by atoms with Gasteiger partial charge in [-0.15, -0.1) is 0 Å². The van der Waals surface area contributed by atoms with Crippen LogP contribution in [0.25, 0.3) is 0 Å². The molecule has 0 unspecified atom stereocenters. The zero-order valence-corrected chi connectivity index (χ0v) is 13.1. The fourth-order valence-electron chi connectivity index (χ4n) is 3.37. The lowest BCUT2D eigenvalue weighted by atomic mass is 10.0. The van der Waals surface area contributed by atoms with Crippen LogP contribution in [0.15, 0.2) is 0 Å². The lowest BCUT2D eigenvalue weighted by Crippen LogP contribution is -2.50. The molecule has 2 fully saturated rings. The van der Waals surface area contributed by atoms with Crippen molar-refractivity contribution in [2.24, 2.45) is 0 Å². The second-order valence-electron chi connectivity index (χ2n) is 6.15. The van der Waals surface area contributed by atoms with Crippen LogP contribution >= 0.6 is 0 Å². The monoisotopic (exact) mass is 293 g/mol. The van der Waals surface area contributed by atoms with Gasteiger partial charge in [0.2, 0.25) is 5.91 Å². The summed E-state index contributed by atoms with van der Waals surface area (Å²) in [5.41, 5.74) is 0. The van der Waals surface area contributed by atoms with E-state index in [9.17, 15) is 4.79 Å². The molecule has 1 atom stereocenters. The summed E-state index contributed by atoms with van der Waals surface area (Å²) in [6, 6.07) is 2.95. The summed E-state index contributed by atoms with van der Waals surface area (Å²) >= 11 is 0. The molecule has 2 heterocycles. The Labute approximate surface area is 127 Å². The Kier molecular flexibility index (Phi) is 6.47. The Morgan fingerprint density at radius 2 is 2.10 bits per heavy atom. The Hall–Kier alpha value is -1.12. The van der Waals surface area contributed by atoms with Crippen molar-refractivity contribution < 1.29 is 9.53 Å². The number of ether oxygens (including phenoxy) is 1. The van der Waals surface area contributed by atoms with Gasteiger partial charge in [0.15, 0.2) is 0 Å². The number of nitriles is 1. The number of carbonyl (C=O) groups is 1. The first-order chi connectivity index (χ1) is 10.2. The highest BCUT2D eigenvalue weighted by molar-refractivity contribution is 5.78. The van der Waals surface area contributed by atoms with Gasteiger partial charge in [0.05, 0.1) is 12.6 Å². The first-order valence-corrected chi connectivity index (χ1v) is 8.20. The van der Waals surface area contributed by atoms with Crippen molar-refractivity contribution in [1.82, 2.24) is 9.80 Å². The molecule has 2 rings (SSSR count). The zero-order chi connectivity index (χ0) is 15.1. The average Bonchev–Trinajstić information content (AvgIpc) is 2.52. The summed E-state index contributed by atoms with van der Waals surface area (Å²) in [7, 11) is 0. The van der Waals surface area contributed by atoms with Crippen LogP contribution in [0.5, 0.6) is 0 Å². The van der Waals surface area contributed by atoms with Crippen LogP contribution in [0, 0.1) is 11.3 Å². The molecule has 1 amide bonds. The first kappa shape index (κ1) is 16.3. The van der Waals surface area contributed by atoms with E-state index in [2.05, 4.69) is 17.9 Å². The fourth-order valence-corrected chi connectivity index (χ4v) is 3.37. The van der Waals surface area contributed by atoms with Crippen LogP contribution in [0.2, 0.25) is 0 Å². The molecule has 0 radical (unpaired) electrons. The van der Waals surface area contributed by atoms with Gasteiger partial charge >= 0.3 is 0 Å². The molecule has 0 bridgehead atoms. The molecule has 0 aromatic rings. The number of carbonyl (C=O) groups excluding carboxylic acids is 1. The number of rotatable bonds is 5. The van der Waals surface area contributed by atoms with Crippen LogP contribution in [0.4, 0.5) is 0 Å².